The van der Waals surface area contributed by atoms with Crippen LogP contribution in [0.2, 0.25) is 0 Å². The van der Waals surface area contributed by atoms with Crippen LogP contribution in [0.1, 0.15) is 47.4 Å². The van der Waals surface area contributed by atoms with Crippen LogP contribution in [-0.4, -0.2) is 35.4 Å². The van der Waals surface area contributed by atoms with Gasteiger partial charge in [-0.15, -0.1) is 11.3 Å². The normalized spacial score (nSPS) is 11.6. The predicted molar refractivity (Wildman–Crippen MR) is 139 cm³/mol. The fraction of sp³-hybridized carbons (Fsp3) is 0.333. The maximum absolute atomic E-state index is 12.8. The summed E-state index contributed by atoms with van der Waals surface area (Å²) >= 11 is 1.32. The molecule has 0 aliphatic rings. The highest BCUT2D eigenvalue weighted by molar-refractivity contribution is 7.09. The summed E-state index contributed by atoms with van der Waals surface area (Å²) in [6.07, 6.45) is 0.121. The predicted octanol–water partition coefficient (Wildman–Crippen LogP) is 4.53. The van der Waals surface area contributed by atoms with Crippen LogP contribution >= 0.6 is 11.3 Å². The Kier molecular flexibility index (Phi) is 9.58. The van der Waals surface area contributed by atoms with Crippen LogP contribution < -0.4 is 15.4 Å². The van der Waals surface area contributed by atoms with Gasteiger partial charge in [0.2, 0.25) is 5.91 Å². The molecule has 0 saturated carbocycles. The molecular formula is C27H31N3O5S. The van der Waals surface area contributed by atoms with E-state index in [9.17, 15) is 14.4 Å². The number of aromatic nitrogens is 1. The number of benzene rings is 2. The van der Waals surface area contributed by atoms with E-state index in [0.29, 0.717) is 28.6 Å². The molecule has 9 heteroatoms. The van der Waals surface area contributed by atoms with E-state index in [-0.39, 0.29) is 24.9 Å². The van der Waals surface area contributed by atoms with Crippen molar-refractivity contribution in [1.29, 1.82) is 0 Å². The maximum Gasteiger partial charge on any atom is 0.329 e. The second-order valence-corrected chi connectivity index (χ2v) is 9.50. The van der Waals surface area contributed by atoms with Crippen molar-refractivity contribution >= 4 is 34.8 Å². The summed E-state index contributed by atoms with van der Waals surface area (Å²) in [5, 5.41) is 7.97. The van der Waals surface area contributed by atoms with E-state index in [1.165, 1.54) is 11.3 Å². The Morgan fingerprint density at radius 3 is 2.47 bits per heavy atom. The van der Waals surface area contributed by atoms with Gasteiger partial charge in [0.05, 0.1) is 24.3 Å². The van der Waals surface area contributed by atoms with Gasteiger partial charge in [-0.05, 0) is 44.0 Å². The number of rotatable bonds is 11. The topological polar surface area (TPSA) is 107 Å². The zero-order chi connectivity index (χ0) is 26.1. The molecule has 1 atom stereocenters. The van der Waals surface area contributed by atoms with Gasteiger partial charge in [0.25, 0.3) is 5.91 Å². The molecule has 190 valence electrons. The molecule has 2 N–H and O–H groups in total. The van der Waals surface area contributed by atoms with Crippen LogP contribution in [0.4, 0.5) is 5.69 Å². The maximum atomic E-state index is 12.8. The van der Waals surface area contributed by atoms with Crippen molar-refractivity contribution in [3.63, 3.8) is 0 Å². The van der Waals surface area contributed by atoms with Crippen LogP contribution in [0.15, 0.2) is 53.9 Å². The van der Waals surface area contributed by atoms with Crippen molar-refractivity contribution < 1.29 is 23.9 Å². The summed E-state index contributed by atoms with van der Waals surface area (Å²) in [6, 6.07) is 13.6. The number of nitrogens with zero attached hydrogens (tertiary/aromatic N) is 1. The third-order valence-corrected chi connectivity index (χ3v) is 6.15. The molecule has 8 nitrogen and oxygen atoms in total. The molecule has 0 unspecified atom stereocenters. The molecule has 0 bridgehead atoms. The number of esters is 1. The summed E-state index contributed by atoms with van der Waals surface area (Å²) in [6.45, 7) is 7.84. The van der Waals surface area contributed by atoms with Crippen molar-refractivity contribution in [1.82, 2.24) is 10.3 Å². The highest BCUT2D eigenvalue weighted by Gasteiger charge is 2.27. The molecule has 1 aromatic heterocycles. The van der Waals surface area contributed by atoms with Crippen molar-refractivity contribution in [2.24, 2.45) is 5.92 Å². The molecule has 36 heavy (non-hydrogen) atoms. The average molecular weight is 510 g/mol. The third-order valence-electron chi connectivity index (χ3n) is 5.25. The Morgan fingerprint density at radius 1 is 1.06 bits per heavy atom. The number of carbonyl (C=O) groups excluding carboxylic acids is 3. The van der Waals surface area contributed by atoms with Gasteiger partial charge in [0.1, 0.15) is 23.4 Å². The second-order valence-electron chi connectivity index (χ2n) is 8.56. The molecule has 1 heterocycles. The standard InChI is InChI=1S/C27H31N3O5S/c1-5-34-22-9-7-6-8-21(22)26(32)30-25(17(2)3)27(33)35-15-20-16-36-24(29-20)14-23(31)28-19-12-10-18(4)11-13-19/h6-13,16-17,25H,5,14-15H2,1-4H3,(H,28,31)(H,30,32)/t25-/m0/s1. The average Bonchev–Trinajstić information content (AvgIpc) is 3.29. The molecule has 2 aromatic carbocycles. The monoisotopic (exact) mass is 509 g/mol. The Labute approximate surface area is 215 Å². The number of ether oxygens (including phenoxy) is 2. The Balaban J connectivity index is 1.54. The molecule has 2 amide bonds. The van der Waals surface area contributed by atoms with E-state index < -0.39 is 17.9 Å². The highest BCUT2D eigenvalue weighted by Crippen LogP contribution is 2.19. The minimum Gasteiger partial charge on any atom is -0.493 e. The van der Waals surface area contributed by atoms with E-state index in [0.717, 1.165) is 11.3 Å². The van der Waals surface area contributed by atoms with Crippen LogP contribution in [0.3, 0.4) is 0 Å². The molecule has 3 aromatic rings. The first-order chi connectivity index (χ1) is 17.3. The molecule has 0 saturated heterocycles. The molecule has 0 fully saturated rings. The smallest absolute Gasteiger partial charge is 0.329 e. The number of hydrogen-bond donors (Lipinski definition) is 2. The van der Waals surface area contributed by atoms with E-state index in [2.05, 4.69) is 15.6 Å². The zero-order valence-corrected chi connectivity index (χ0v) is 21.7. The SMILES string of the molecule is CCOc1ccccc1C(=O)N[C@H](C(=O)OCc1csc(CC(=O)Nc2ccc(C)cc2)n1)C(C)C. The van der Waals surface area contributed by atoms with Gasteiger partial charge in [0, 0.05) is 11.1 Å². The Bertz CT molecular complexity index is 1190. The van der Waals surface area contributed by atoms with Crippen LogP contribution in [0.5, 0.6) is 5.75 Å². The molecule has 0 aliphatic carbocycles. The zero-order valence-electron chi connectivity index (χ0n) is 20.9. The lowest BCUT2D eigenvalue weighted by Crippen LogP contribution is -2.45. The number of para-hydroxylation sites is 1. The lowest BCUT2D eigenvalue weighted by molar-refractivity contribution is -0.148. The lowest BCUT2D eigenvalue weighted by Gasteiger charge is -2.21. The van der Waals surface area contributed by atoms with Gasteiger partial charge in [0.15, 0.2) is 0 Å². The number of thiazole rings is 1. The highest BCUT2D eigenvalue weighted by atomic mass is 32.1. The quantitative estimate of drug-likeness (QED) is 0.368. The molecule has 3 rings (SSSR count). The summed E-state index contributed by atoms with van der Waals surface area (Å²) in [5.74, 6) is -0.886. The van der Waals surface area contributed by atoms with Gasteiger partial charge in [-0.2, -0.15) is 0 Å². The van der Waals surface area contributed by atoms with E-state index in [1.807, 2.05) is 52.0 Å². The molecular weight excluding hydrogens is 478 g/mol. The van der Waals surface area contributed by atoms with Gasteiger partial charge < -0.3 is 20.1 Å². The minimum atomic E-state index is -0.842. The molecule has 0 spiro atoms. The van der Waals surface area contributed by atoms with Crippen LogP contribution in [-0.2, 0) is 27.4 Å². The molecule has 0 aliphatic heterocycles. The van der Waals surface area contributed by atoms with Crippen LogP contribution in [0, 0.1) is 12.8 Å². The number of aryl methyl sites for hydroxylation is 1. The molecule has 0 radical (unpaired) electrons. The van der Waals surface area contributed by atoms with E-state index >= 15 is 0 Å². The van der Waals surface area contributed by atoms with Crippen molar-refractivity contribution in [3.8, 4) is 5.75 Å². The summed E-state index contributed by atoms with van der Waals surface area (Å²) in [7, 11) is 0. The minimum absolute atomic E-state index is 0.0520. The van der Waals surface area contributed by atoms with E-state index in [1.54, 1.807) is 29.6 Å². The Hall–Kier alpha value is -3.72. The van der Waals surface area contributed by atoms with Crippen molar-refractivity contribution in [2.75, 3.05) is 11.9 Å². The summed E-state index contributed by atoms with van der Waals surface area (Å²) in [4.78, 5) is 42.3. The van der Waals surface area contributed by atoms with E-state index in [4.69, 9.17) is 9.47 Å². The van der Waals surface area contributed by atoms with Gasteiger partial charge in [-0.1, -0.05) is 43.7 Å². The van der Waals surface area contributed by atoms with Crippen molar-refractivity contribution in [2.45, 2.75) is 46.8 Å². The number of hydrogen-bond acceptors (Lipinski definition) is 7. The first-order valence-corrected chi connectivity index (χ1v) is 12.6. The Morgan fingerprint density at radius 2 is 1.78 bits per heavy atom. The summed E-state index contributed by atoms with van der Waals surface area (Å²) < 4.78 is 11.0. The number of amides is 2. The first-order valence-electron chi connectivity index (χ1n) is 11.8. The largest absolute Gasteiger partial charge is 0.493 e. The fourth-order valence-electron chi connectivity index (χ4n) is 3.36. The first kappa shape index (κ1) is 26.9. The third kappa shape index (κ3) is 7.64. The number of nitrogens with one attached hydrogen (secondary N) is 2. The number of anilines is 1. The summed E-state index contributed by atoms with van der Waals surface area (Å²) in [5.41, 5.74) is 2.73. The lowest BCUT2D eigenvalue weighted by atomic mass is 10.0. The van der Waals surface area contributed by atoms with Gasteiger partial charge >= 0.3 is 5.97 Å². The van der Waals surface area contributed by atoms with Gasteiger partial charge in [-0.3, -0.25) is 9.59 Å². The second kappa shape index (κ2) is 12.8. The van der Waals surface area contributed by atoms with Crippen LogP contribution in [0.25, 0.3) is 0 Å². The van der Waals surface area contributed by atoms with Gasteiger partial charge in [-0.25, -0.2) is 9.78 Å². The fourth-order valence-corrected chi connectivity index (χ4v) is 4.14. The van der Waals surface area contributed by atoms with Crippen molar-refractivity contribution in [3.05, 3.63) is 75.7 Å². The number of carbonyl (C=O) groups is 3.